The Morgan fingerprint density at radius 3 is 2.43 bits per heavy atom. The number of nitrogens with zero attached hydrogens (tertiary/aromatic N) is 2. The first-order valence-electron chi connectivity index (χ1n) is 9.30. The molecule has 28 heavy (non-hydrogen) atoms. The maximum atomic E-state index is 13.3. The number of hydrogen-bond donors (Lipinski definition) is 0. The highest BCUT2D eigenvalue weighted by Crippen LogP contribution is 2.46. The van der Waals surface area contributed by atoms with Crippen LogP contribution in [0.25, 0.3) is 0 Å². The maximum Gasteiger partial charge on any atom is 0.311 e. The average Bonchev–Trinajstić information content (AvgIpc) is 3.16. The summed E-state index contributed by atoms with van der Waals surface area (Å²) in [5.74, 6) is -2.88. The Balaban J connectivity index is 1.70. The van der Waals surface area contributed by atoms with E-state index >= 15 is 0 Å². The molecule has 4 rings (SSSR count). The molecule has 0 aliphatic carbocycles. The molecule has 0 radical (unpaired) electrons. The van der Waals surface area contributed by atoms with Crippen molar-refractivity contribution in [1.82, 2.24) is 4.90 Å². The van der Waals surface area contributed by atoms with Crippen molar-refractivity contribution in [3.8, 4) is 0 Å². The van der Waals surface area contributed by atoms with Gasteiger partial charge >= 0.3 is 5.97 Å². The first-order valence-corrected chi connectivity index (χ1v) is 9.30. The molecule has 0 spiro atoms. The molecular weight excluding hydrogens is 356 g/mol. The molecule has 3 unspecified atom stereocenters. The summed E-state index contributed by atoms with van der Waals surface area (Å²) >= 11 is 0. The zero-order valence-electron chi connectivity index (χ0n) is 15.9. The van der Waals surface area contributed by atoms with Crippen molar-refractivity contribution in [1.29, 1.82) is 0 Å². The Labute approximate surface area is 163 Å². The topological polar surface area (TPSA) is 66.9 Å². The predicted molar refractivity (Wildman–Crippen MR) is 103 cm³/mol. The highest BCUT2D eigenvalue weighted by molar-refractivity contribution is 6.08. The monoisotopic (exact) mass is 378 g/mol. The lowest BCUT2D eigenvalue weighted by molar-refractivity contribution is -0.148. The summed E-state index contributed by atoms with van der Waals surface area (Å²) in [6.45, 7) is 0.656. The number of anilines is 1. The van der Waals surface area contributed by atoms with E-state index in [9.17, 15) is 14.4 Å². The third kappa shape index (κ3) is 2.85. The van der Waals surface area contributed by atoms with E-state index in [4.69, 9.17) is 4.74 Å². The van der Waals surface area contributed by atoms with Crippen LogP contribution in [0.15, 0.2) is 54.6 Å². The van der Waals surface area contributed by atoms with Crippen molar-refractivity contribution in [2.75, 3.05) is 25.6 Å². The van der Waals surface area contributed by atoms with Crippen LogP contribution in [-0.4, -0.2) is 43.4 Å². The van der Waals surface area contributed by atoms with Gasteiger partial charge in [0.15, 0.2) is 0 Å². The molecule has 2 heterocycles. The van der Waals surface area contributed by atoms with E-state index in [2.05, 4.69) is 0 Å². The molecular formula is C22H22N2O4. The van der Waals surface area contributed by atoms with Crippen LogP contribution in [0.5, 0.6) is 0 Å². The second-order valence-corrected chi connectivity index (χ2v) is 7.29. The fourth-order valence-electron chi connectivity index (χ4n) is 4.38. The van der Waals surface area contributed by atoms with E-state index in [0.717, 1.165) is 16.8 Å². The van der Waals surface area contributed by atoms with Crippen LogP contribution in [0.3, 0.4) is 0 Å². The smallest absolute Gasteiger partial charge is 0.311 e. The van der Waals surface area contributed by atoms with Crippen molar-refractivity contribution >= 4 is 23.5 Å². The van der Waals surface area contributed by atoms with Gasteiger partial charge in [0.2, 0.25) is 11.8 Å². The molecule has 6 nitrogen and oxygen atoms in total. The van der Waals surface area contributed by atoms with Crippen molar-refractivity contribution in [3.63, 3.8) is 0 Å². The summed E-state index contributed by atoms with van der Waals surface area (Å²) < 4.78 is 4.98. The summed E-state index contributed by atoms with van der Waals surface area (Å²) in [5.41, 5.74) is 2.56. The van der Waals surface area contributed by atoms with Gasteiger partial charge < -0.3 is 14.5 Å². The number of carbonyl (C=O) groups excluding carboxylic acids is 3. The summed E-state index contributed by atoms with van der Waals surface area (Å²) in [6, 6.07) is 17.1. The van der Waals surface area contributed by atoms with E-state index in [1.807, 2.05) is 54.6 Å². The Kier molecular flexibility index (Phi) is 4.63. The fraction of sp³-hybridized carbons (Fsp3) is 0.318. The van der Waals surface area contributed by atoms with Crippen LogP contribution in [0.1, 0.15) is 17.0 Å². The van der Waals surface area contributed by atoms with E-state index in [1.165, 1.54) is 7.11 Å². The summed E-state index contributed by atoms with van der Waals surface area (Å²) in [4.78, 5) is 42.1. The molecule has 0 N–H and O–H groups in total. The third-order valence-electron chi connectivity index (χ3n) is 5.76. The lowest BCUT2D eigenvalue weighted by Gasteiger charge is -2.21. The predicted octanol–water partition coefficient (Wildman–Crippen LogP) is 2.19. The van der Waals surface area contributed by atoms with Crippen molar-refractivity contribution in [2.45, 2.75) is 12.5 Å². The number of esters is 1. The summed E-state index contributed by atoms with van der Waals surface area (Å²) in [7, 11) is 3.02. The molecule has 2 aromatic carbocycles. The Morgan fingerprint density at radius 1 is 1.04 bits per heavy atom. The first-order chi connectivity index (χ1) is 13.5. The third-order valence-corrected chi connectivity index (χ3v) is 5.76. The second kappa shape index (κ2) is 7.11. The van der Waals surface area contributed by atoms with E-state index in [1.54, 1.807) is 16.8 Å². The van der Waals surface area contributed by atoms with Gasteiger partial charge in [-0.15, -0.1) is 0 Å². The van der Waals surface area contributed by atoms with Gasteiger partial charge in [-0.1, -0.05) is 48.5 Å². The number of fused-ring (bicyclic) bond motifs is 1. The van der Waals surface area contributed by atoms with Crippen molar-refractivity contribution < 1.29 is 19.1 Å². The largest absolute Gasteiger partial charge is 0.469 e. The van der Waals surface area contributed by atoms with Gasteiger partial charge in [-0.2, -0.15) is 0 Å². The number of methoxy groups -OCH3 is 1. The van der Waals surface area contributed by atoms with Gasteiger partial charge in [0.25, 0.3) is 0 Å². The molecule has 2 aliphatic heterocycles. The van der Waals surface area contributed by atoms with E-state index in [-0.39, 0.29) is 18.4 Å². The van der Waals surface area contributed by atoms with Gasteiger partial charge in [-0.25, -0.2) is 0 Å². The molecule has 1 fully saturated rings. The number of carbonyl (C=O) groups is 3. The van der Waals surface area contributed by atoms with Gasteiger partial charge in [-0.05, 0) is 17.2 Å². The zero-order valence-corrected chi connectivity index (χ0v) is 15.9. The SMILES string of the molecule is COC(=O)C1CN(Cc2ccccc2)C(=O)C1C1C(=O)N(C)c2ccccc21. The van der Waals surface area contributed by atoms with Gasteiger partial charge in [0.05, 0.1) is 24.9 Å². The standard InChI is InChI=1S/C22H22N2O4/c1-23-17-11-7-6-10-15(17)18(20(23)25)19-16(22(27)28-2)13-24(21(19)26)12-14-8-4-3-5-9-14/h3-11,16,18-19H,12-13H2,1-2H3. The average molecular weight is 378 g/mol. The van der Waals surface area contributed by atoms with Crippen LogP contribution < -0.4 is 4.90 Å². The normalized spacial score (nSPS) is 23.9. The summed E-state index contributed by atoms with van der Waals surface area (Å²) in [5, 5.41) is 0. The quantitative estimate of drug-likeness (QED) is 0.765. The minimum Gasteiger partial charge on any atom is -0.469 e. The Morgan fingerprint density at radius 2 is 1.71 bits per heavy atom. The van der Waals surface area contributed by atoms with E-state index < -0.39 is 23.7 Å². The number of hydrogen-bond acceptors (Lipinski definition) is 4. The van der Waals surface area contributed by atoms with Gasteiger partial charge in [-0.3, -0.25) is 14.4 Å². The molecule has 2 amide bonds. The molecule has 0 saturated carbocycles. The van der Waals surface area contributed by atoms with Crippen molar-refractivity contribution in [2.24, 2.45) is 11.8 Å². The minimum atomic E-state index is -0.755. The molecule has 144 valence electrons. The number of ether oxygens (including phenoxy) is 1. The molecule has 6 heteroatoms. The number of amides is 2. The maximum absolute atomic E-state index is 13.3. The Bertz CT molecular complexity index is 927. The number of rotatable bonds is 4. The number of likely N-dealkylation sites (tertiary alicyclic amines) is 1. The minimum absolute atomic E-state index is 0.157. The van der Waals surface area contributed by atoms with Gasteiger partial charge in [0, 0.05) is 25.8 Å². The van der Waals surface area contributed by atoms with Crippen LogP contribution in [-0.2, 0) is 25.7 Å². The number of para-hydroxylation sites is 1. The van der Waals surface area contributed by atoms with E-state index in [0.29, 0.717) is 6.54 Å². The van der Waals surface area contributed by atoms with Crippen LogP contribution in [0.4, 0.5) is 5.69 Å². The molecule has 0 bridgehead atoms. The lowest BCUT2D eigenvalue weighted by atomic mass is 9.80. The lowest BCUT2D eigenvalue weighted by Crippen LogP contribution is -2.36. The van der Waals surface area contributed by atoms with Crippen LogP contribution in [0.2, 0.25) is 0 Å². The van der Waals surface area contributed by atoms with Crippen molar-refractivity contribution in [3.05, 3.63) is 65.7 Å². The number of benzene rings is 2. The Hall–Kier alpha value is -3.15. The zero-order chi connectivity index (χ0) is 19.8. The van der Waals surface area contributed by atoms with Crippen LogP contribution in [0, 0.1) is 11.8 Å². The first kappa shape index (κ1) is 18.2. The second-order valence-electron chi connectivity index (χ2n) is 7.29. The molecule has 1 saturated heterocycles. The molecule has 2 aromatic rings. The molecule has 0 aromatic heterocycles. The van der Waals surface area contributed by atoms with Crippen LogP contribution >= 0.6 is 0 Å². The summed E-state index contributed by atoms with van der Waals surface area (Å²) in [6.07, 6.45) is 0. The fourth-order valence-corrected chi connectivity index (χ4v) is 4.38. The molecule has 3 atom stereocenters. The highest BCUT2D eigenvalue weighted by Gasteiger charge is 2.54. The molecule has 2 aliphatic rings. The van der Waals surface area contributed by atoms with Gasteiger partial charge in [0.1, 0.15) is 0 Å². The highest BCUT2D eigenvalue weighted by atomic mass is 16.5. The number of likely N-dealkylation sites (N-methyl/N-ethyl adjacent to an activating group) is 1.